The van der Waals surface area contributed by atoms with Crippen LogP contribution >= 0.6 is 39.0 Å². The van der Waals surface area contributed by atoms with E-state index in [2.05, 4.69) is 59.7 Å². The van der Waals surface area contributed by atoms with E-state index < -0.39 is 76.9 Å². The molecule has 0 saturated carbocycles. The summed E-state index contributed by atoms with van der Waals surface area (Å²) in [6, 6.07) is 0. The molecule has 0 aliphatic carbocycles. The maximum Gasteiger partial charge on any atom is 0.245 e. The van der Waals surface area contributed by atoms with E-state index in [9.17, 15) is 19.3 Å². The smallest absolute Gasteiger partial charge is 0.245 e. The number of rotatable bonds is 14. The first-order valence-electron chi connectivity index (χ1n) is 14.2. The molecule has 260 valence electrons. The number of imidazole rings is 2. The third-order valence-electron chi connectivity index (χ3n) is 7.47. The molecule has 2 saturated heterocycles. The van der Waals surface area contributed by atoms with E-state index in [0.717, 1.165) is 0 Å². The van der Waals surface area contributed by atoms with Gasteiger partial charge in [-0.05, 0) is 6.08 Å². The van der Waals surface area contributed by atoms with Crippen molar-refractivity contribution >= 4 is 67.1 Å². The van der Waals surface area contributed by atoms with Crippen LogP contribution in [0.2, 0.25) is 0 Å². The van der Waals surface area contributed by atoms with Crippen LogP contribution in [0.4, 0.5) is 14.6 Å². The van der Waals surface area contributed by atoms with E-state index in [1.54, 1.807) is 12.2 Å². The van der Waals surface area contributed by atoms with E-state index in [4.69, 9.17) is 23.3 Å². The van der Waals surface area contributed by atoms with Crippen LogP contribution in [0.25, 0.3) is 22.3 Å². The molecule has 2 unspecified atom stereocenters. The van der Waals surface area contributed by atoms with Crippen molar-refractivity contribution in [2.24, 2.45) is 0 Å². The number of aliphatic hydroxyl groups excluding tert-OH is 2. The first-order chi connectivity index (χ1) is 23.2. The number of fused-ring (bicyclic) bond motifs is 2. The molecule has 6 heterocycles. The van der Waals surface area contributed by atoms with Gasteiger partial charge in [0.15, 0.2) is 52.9 Å². The van der Waals surface area contributed by atoms with Crippen molar-refractivity contribution in [2.45, 2.75) is 49.2 Å². The number of ether oxygens (including phenoxy) is 3. The summed E-state index contributed by atoms with van der Waals surface area (Å²) in [5.74, 6) is 0.476. The monoisotopic (exact) mass is 751 g/mol. The van der Waals surface area contributed by atoms with Crippen LogP contribution in [0.1, 0.15) is 12.5 Å². The predicted molar refractivity (Wildman–Crippen MR) is 171 cm³/mol. The number of thiol groups is 2. The Labute approximate surface area is 281 Å². The largest absolute Gasteiger partial charge is 0.472 e. The molecule has 0 spiro atoms. The zero-order valence-corrected chi connectivity index (χ0v) is 28.2. The Morgan fingerprint density at radius 2 is 1.38 bits per heavy atom. The summed E-state index contributed by atoms with van der Waals surface area (Å²) in [6.45, 7) is -0.763. The van der Waals surface area contributed by atoms with Gasteiger partial charge in [-0.15, -0.1) is 0 Å². The first kappa shape index (κ1) is 35.1. The molecule has 2 aliphatic heterocycles. The number of nitrogens with one attached hydrogen (secondary N) is 1. The van der Waals surface area contributed by atoms with Gasteiger partial charge in [0, 0.05) is 6.54 Å². The molecule has 0 radical (unpaired) electrons. The summed E-state index contributed by atoms with van der Waals surface area (Å²) in [4.78, 5) is 25.2. The highest BCUT2D eigenvalue weighted by Gasteiger charge is 2.49. The zero-order chi connectivity index (χ0) is 33.9. The Bertz CT molecular complexity index is 1700. The van der Waals surface area contributed by atoms with Crippen LogP contribution in [0, 0.1) is 0 Å². The van der Waals surface area contributed by atoms with Gasteiger partial charge < -0.3 is 38.8 Å². The highest BCUT2D eigenvalue weighted by atomic mass is 32.7. The Morgan fingerprint density at radius 3 is 1.94 bits per heavy atom. The van der Waals surface area contributed by atoms with Crippen molar-refractivity contribution < 1.29 is 51.4 Å². The molecule has 4 aromatic rings. The summed E-state index contributed by atoms with van der Waals surface area (Å²) in [5, 5.41) is 22.3. The molecular weight excluding hydrogens is 722 g/mol. The molecule has 2 fully saturated rings. The predicted octanol–water partition coefficient (Wildman–Crippen LogP) is 1.88. The van der Waals surface area contributed by atoms with Gasteiger partial charge in [-0.1, -0.05) is 30.6 Å². The summed E-state index contributed by atoms with van der Waals surface area (Å²) in [7, 11) is -5.60. The molecule has 3 N–H and O–H groups in total. The number of hydrogen-bond donors (Lipinski definition) is 5. The van der Waals surface area contributed by atoms with Crippen LogP contribution in [0.15, 0.2) is 37.5 Å². The Balaban J connectivity index is 1.07. The molecule has 0 amide bonds. The lowest BCUT2D eigenvalue weighted by atomic mass is 10.1. The van der Waals surface area contributed by atoms with E-state index in [-0.39, 0.29) is 35.8 Å². The Hall–Kier alpha value is -2.78. The number of hydrogen-bond acceptors (Lipinski definition) is 16. The lowest BCUT2D eigenvalue weighted by Crippen LogP contribution is -2.31. The molecule has 4 aromatic heterocycles. The van der Waals surface area contributed by atoms with Gasteiger partial charge in [0.05, 0.1) is 25.9 Å². The van der Waals surface area contributed by atoms with Crippen molar-refractivity contribution in [3.63, 3.8) is 0 Å². The summed E-state index contributed by atoms with van der Waals surface area (Å²) >= 11 is 7.41. The molecule has 48 heavy (non-hydrogen) atoms. The fraction of sp³-hybridized carbons (Fsp3) is 0.500. The quantitative estimate of drug-likeness (QED) is 0.0706. The Morgan fingerprint density at radius 1 is 0.833 bits per heavy atom. The average Bonchev–Trinajstić information content (AvgIpc) is 3.83. The third kappa shape index (κ3) is 7.09. The first-order valence-corrected chi connectivity index (χ1v) is 19.4. The van der Waals surface area contributed by atoms with Gasteiger partial charge in [-0.3, -0.25) is 18.3 Å². The standard InChI is InChI=1S/C24H29F2N9O9P2S2/c25-13-17(43-45(38)47)11(5-36)41-23(13)34-9-32-15-19(28-7-29-20(15)34)27-3-1-2-4-40-22-16-21(30-8-31-22)35(10-33-16)24-14(26)18(44-46(39)48)12(6-37)42-24/h1-2,7-14,17-18,23-24,36-37,45-46H,3-6H2,(H,38,47)(H,39,48)(H,27,28,29)/b2-1+/t11-,12-,13-,14-,17-,18-,23-,24-/m1/s1. The highest BCUT2D eigenvalue weighted by molar-refractivity contribution is 8.39. The number of halogens is 2. The summed E-state index contributed by atoms with van der Waals surface area (Å²) < 4.78 is 83.2. The molecule has 2 aliphatic rings. The van der Waals surface area contributed by atoms with Crippen molar-refractivity contribution in [2.75, 3.05) is 31.7 Å². The van der Waals surface area contributed by atoms with Gasteiger partial charge >= 0.3 is 0 Å². The van der Waals surface area contributed by atoms with E-state index >= 15 is 8.78 Å². The second-order valence-electron chi connectivity index (χ2n) is 10.3. The second kappa shape index (κ2) is 15.4. The second-order valence-corrected chi connectivity index (χ2v) is 14.0. The topological polar surface area (TPSA) is 220 Å². The minimum Gasteiger partial charge on any atom is -0.472 e. The van der Waals surface area contributed by atoms with Gasteiger partial charge in [0.2, 0.25) is 20.3 Å². The zero-order valence-electron chi connectivity index (χ0n) is 24.4. The van der Waals surface area contributed by atoms with Crippen LogP contribution < -0.4 is 10.1 Å². The molecule has 24 heteroatoms. The number of anilines is 1. The molecule has 6 rings (SSSR count). The van der Waals surface area contributed by atoms with Crippen LogP contribution in [0.3, 0.4) is 0 Å². The Kier molecular flexibility index (Phi) is 11.3. The van der Waals surface area contributed by atoms with Crippen LogP contribution in [-0.2, 0) is 27.7 Å². The third-order valence-corrected chi connectivity index (χ3v) is 9.05. The molecule has 0 aromatic carbocycles. The lowest BCUT2D eigenvalue weighted by molar-refractivity contribution is -0.0427. The SMILES string of the molecule is O=[PH](S)O[C@H]1[C@@H](F)[C@H](n2cnc3c(NC/C=C/COc4ncnc5c4ncn5[C@@H]4O[C@H](CO)[C@@H](O[PH](=O)S)[C@H]4F)ncnc32)O[C@@H]1CO. The number of alkyl halides is 2. The van der Waals surface area contributed by atoms with Crippen LogP contribution in [-0.4, -0.2) is 112 Å². The highest BCUT2D eigenvalue weighted by Crippen LogP contribution is 2.42. The van der Waals surface area contributed by atoms with Crippen molar-refractivity contribution in [3.05, 3.63) is 37.5 Å². The maximum absolute atomic E-state index is 15.2. The minimum atomic E-state index is -2.80. The number of nitrogens with zero attached hydrogens (tertiary/aromatic N) is 8. The lowest BCUT2D eigenvalue weighted by Gasteiger charge is -2.16. The molecule has 18 nitrogen and oxygen atoms in total. The molecule has 0 bridgehead atoms. The molecular formula is C24H29F2N9O9P2S2. The maximum atomic E-state index is 15.2. The van der Waals surface area contributed by atoms with Gasteiger partial charge in [0.1, 0.15) is 43.7 Å². The van der Waals surface area contributed by atoms with Crippen molar-refractivity contribution in [3.8, 4) is 5.88 Å². The van der Waals surface area contributed by atoms with Crippen molar-refractivity contribution in [1.82, 2.24) is 39.0 Å². The number of aromatic nitrogens is 8. The fourth-order valence-corrected chi connectivity index (χ4v) is 7.13. The van der Waals surface area contributed by atoms with Gasteiger partial charge in [-0.25, -0.2) is 33.7 Å². The average molecular weight is 752 g/mol. The van der Waals surface area contributed by atoms with Gasteiger partial charge in [0.25, 0.3) is 0 Å². The van der Waals surface area contributed by atoms with E-state index in [0.29, 0.717) is 11.3 Å². The number of aliphatic hydroxyl groups is 2. The van der Waals surface area contributed by atoms with E-state index in [1.165, 1.54) is 34.4 Å². The summed E-state index contributed by atoms with van der Waals surface area (Å²) in [5.41, 5.74) is 1.02. The summed E-state index contributed by atoms with van der Waals surface area (Å²) in [6.07, 6.45) is -2.26. The van der Waals surface area contributed by atoms with Crippen LogP contribution in [0.5, 0.6) is 5.88 Å². The van der Waals surface area contributed by atoms with Crippen molar-refractivity contribution in [1.29, 1.82) is 0 Å². The fourth-order valence-electron chi connectivity index (χ4n) is 5.37. The molecule has 10 atom stereocenters. The minimum absolute atomic E-state index is 0.0730. The van der Waals surface area contributed by atoms with E-state index in [1.807, 2.05) is 0 Å². The van der Waals surface area contributed by atoms with Gasteiger partial charge in [-0.2, -0.15) is 4.98 Å². The normalized spacial score (nSPS) is 28.9.